The first-order chi connectivity index (χ1) is 12.7. The highest BCUT2D eigenvalue weighted by atomic mass is 35.5. The smallest absolute Gasteiger partial charge is 0.454 e. The SMILES string of the molecule is CSc1nc2cc(Oc3cccc(Cl)c3Cl)c(Cl)cc2n1COP(=O)(O)O. The van der Waals surface area contributed by atoms with Crippen LogP contribution >= 0.6 is 54.4 Å². The Bertz CT molecular complexity index is 1060. The van der Waals surface area contributed by atoms with E-state index in [-0.39, 0.29) is 16.8 Å². The summed E-state index contributed by atoms with van der Waals surface area (Å²) in [4.78, 5) is 22.3. The lowest BCUT2D eigenvalue weighted by Gasteiger charge is -2.11. The quantitative estimate of drug-likeness (QED) is 0.360. The van der Waals surface area contributed by atoms with Crippen molar-refractivity contribution in [2.45, 2.75) is 11.9 Å². The summed E-state index contributed by atoms with van der Waals surface area (Å²) in [6.45, 7) is -0.381. The minimum absolute atomic E-state index is 0.251. The van der Waals surface area contributed by atoms with Crippen LogP contribution < -0.4 is 4.74 Å². The normalized spacial score (nSPS) is 11.9. The van der Waals surface area contributed by atoms with Gasteiger partial charge in [-0.25, -0.2) is 9.55 Å². The zero-order valence-electron chi connectivity index (χ0n) is 13.6. The fourth-order valence-electron chi connectivity index (χ4n) is 2.28. The first kappa shape index (κ1) is 20.8. The van der Waals surface area contributed by atoms with Crippen molar-refractivity contribution in [3.8, 4) is 11.5 Å². The molecule has 0 aliphatic rings. The topological polar surface area (TPSA) is 93.8 Å². The predicted octanol–water partition coefficient (Wildman–Crippen LogP) is 5.58. The van der Waals surface area contributed by atoms with Crippen LogP contribution in [0.15, 0.2) is 35.5 Å². The third kappa shape index (κ3) is 4.72. The average molecular weight is 470 g/mol. The van der Waals surface area contributed by atoms with Crippen molar-refractivity contribution < 1.29 is 23.6 Å². The maximum atomic E-state index is 11.0. The highest BCUT2D eigenvalue weighted by Crippen LogP contribution is 2.40. The molecule has 144 valence electrons. The fraction of sp³-hybridized carbons (Fsp3) is 0.133. The molecular formula is C15H12Cl3N2O5PS. The predicted molar refractivity (Wildman–Crippen MR) is 106 cm³/mol. The molecule has 27 heavy (non-hydrogen) atoms. The van der Waals surface area contributed by atoms with Crippen LogP contribution in [0.1, 0.15) is 0 Å². The third-order valence-electron chi connectivity index (χ3n) is 3.44. The molecule has 0 spiro atoms. The van der Waals surface area contributed by atoms with Crippen molar-refractivity contribution in [2.24, 2.45) is 0 Å². The fourth-order valence-corrected chi connectivity index (χ4v) is 3.63. The van der Waals surface area contributed by atoms with E-state index in [4.69, 9.17) is 49.3 Å². The summed E-state index contributed by atoms with van der Waals surface area (Å²) < 4.78 is 22.9. The van der Waals surface area contributed by atoms with E-state index < -0.39 is 7.82 Å². The van der Waals surface area contributed by atoms with Gasteiger partial charge in [0.25, 0.3) is 0 Å². The van der Waals surface area contributed by atoms with E-state index in [0.29, 0.717) is 32.7 Å². The molecule has 1 heterocycles. The van der Waals surface area contributed by atoms with Crippen molar-refractivity contribution in [1.29, 1.82) is 0 Å². The van der Waals surface area contributed by atoms with Crippen LogP contribution in [-0.2, 0) is 15.8 Å². The number of ether oxygens (including phenoxy) is 1. The Morgan fingerprint density at radius 1 is 1.19 bits per heavy atom. The maximum Gasteiger partial charge on any atom is 0.471 e. The zero-order valence-corrected chi connectivity index (χ0v) is 17.6. The lowest BCUT2D eigenvalue weighted by Crippen LogP contribution is -2.02. The molecule has 12 heteroatoms. The van der Waals surface area contributed by atoms with E-state index in [1.165, 1.54) is 16.3 Å². The van der Waals surface area contributed by atoms with Crippen LogP contribution in [0.3, 0.4) is 0 Å². The highest BCUT2D eigenvalue weighted by Gasteiger charge is 2.19. The number of thioether (sulfide) groups is 1. The molecule has 0 saturated heterocycles. The van der Waals surface area contributed by atoms with Gasteiger partial charge < -0.3 is 14.5 Å². The van der Waals surface area contributed by atoms with Crippen LogP contribution in [0.4, 0.5) is 0 Å². The molecule has 3 rings (SSSR count). The number of phosphoric ester groups is 1. The third-order valence-corrected chi connectivity index (χ3v) is 5.67. The maximum absolute atomic E-state index is 11.0. The first-order valence-electron chi connectivity index (χ1n) is 7.25. The van der Waals surface area contributed by atoms with E-state index in [0.717, 1.165) is 0 Å². The standard InChI is InChI=1S/C15H12Cl3N2O5PS/c1-27-15-19-10-6-13(25-12-4-2-3-8(16)14(12)18)9(17)5-11(10)20(15)7-24-26(21,22)23/h2-6H,7H2,1H3,(H2,21,22,23). The monoisotopic (exact) mass is 468 g/mol. The summed E-state index contributed by atoms with van der Waals surface area (Å²) in [5.74, 6) is 0.640. The van der Waals surface area contributed by atoms with Gasteiger partial charge in [-0.3, -0.25) is 9.09 Å². The first-order valence-corrected chi connectivity index (χ1v) is 11.1. The van der Waals surface area contributed by atoms with E-state index in [2.05, 4.69) is 9.51 Å². The molecule has 0 fully saturated rings. The number of rotatable bonds is 6. The molecule has 2 N–H and O–H groups in total. The average Bonchev–Trinajstić information content (AvgIpc) is 2.93. The molecule has 0 amide bonds. The Labute approximate surface area is 173 Å². The van der Waals surface area contributed by atoms with Crippen LogP contribution in [0.5, 0.6) is 11.5 Å². The number of benzene rings is 2. The molecule has 0 unspecified atom stereocenters. The minimum atomic E-state index is -4.64. The van der Waals surface area contributed by atoms with Gasteiger partial charge in [-0.05, 0) is 24.5 Å². The molecule has 1 aromatic heterocycles. The number of imidazole rings is 1. The van der Waals surface area contributed by atoms with Crippen molar-refractivity contribution in [3.63, 3.8) is 0 Å². The summed E-state index contributed by atoms with van der Waals surface area (Å²) in [6.07, 6.45) is 1.78. The molecule has 3 aromatic rings. The number of nitrogens with zero attached hydrogens (tertiary/aromatic N) is 2. The number of hydrogen-bond acceptors (Lipinski definition) is 5. The van der Waals surface area contributed by atoms with Crippen LogP contribution in [0.2, 0.25) is 15.1 Å². The highest BCUT2D eigenvalue weighted by molar-refractivity contribution is 7.98. The minimum Gasteiger partial charge on any atom is -0.454 e. The van der Waals surface area contributed by atoms with Crippen LogP contribution in [-0.4, -0.2) is 25.6 Å². The van der Waals surface area contributed by atoms with Crippen molar-refractivity contribution in [2.75, 3.05) is 6.26 Å². The second kappa shape index (κ2) is 8.19. The summed E-state index contributed by atoms with van der Waals surface area (Å²) in [5, 5.41) is 1.34. The molecule has 0 bridgehead atoms. The van der Waals surface area contributed by atoms with Crippen LogP contribution in [0, 0.1) is 0 Å². The van der Waals surface area contributed by atoms with Crippen molar-refractivity contribution in [1.82, 2.24) is 9.55 Å². The van der Waals surface area contributed by atoms with E-state index in [1.807, 2.05) is 0 Å². The molecule has 0 saturated carbocycles. The second-order valence-corrected chi connectivity index (χ2v) is 8.41. The van der Waals surface area contributed by atoms with Gasteiger partial charge in [0, 0.05) is 6.07 Å². The Morgan fingerprint density at radius 2 is 1.93 bits per heavy atom. The summed E-state index contributed by atoms with van der Waals surface area (Å²) in [6, 6.07) is 8.14. The van der Waals surface area contributed by atoms with Crippen molar-refractivity contribution >= 4 is 65.4 Å². The van der Waals surface area contributed by atoms with Gasteiger partial charge in [0.15, 0.2) is 5.16 Å². The Hall–Kier alpha value is -0.960. The Morgan fingerprint density at radius 3 is 2.59 bits per heavy atom. The molecule has 0 radical (unpaired) electrons. The van der Waals surface area contributed by atoms with Crippen LogP contribution in [0.25, 0.3) is 11.0 Å². The Balaban J connectivity index is 2.02. The lowest BCUT2D eigenvalue weighted by atomic mass is 10.3. The number of hydrogen-bond donors (Lipinski definition) is 2. The molecule has 0 aliphatic carbocycles. The number of fused-ring (bicyclic) bond motifs is 1. The van der Waals surface area contributed by atoms with E-state index >= 15 is 0 Å². The number of halogens is 3. The van der Waals surface area contributed by atoms with Gasteiger partial charge >= 0.3 is 7.82 Å². The van der Waals surface area contributed by atoms with E-state index in [1.54, 1.807) is 36.6 Å². The lowest BCUT2D eigenvalue weighted by molar-refractivity contribution is 0.151. The van der Waals surface area contributed by atoms with Gasteiger partial charge in [0.05, 0.1) is 21.1 Å². The summed E-state index contributed by atoms with van der Waals surface area (Å²) in [7, 11) is -4.64. The summed E-state index contributed by atoms with van der Waals surface area (Å²) >= 11 is 19.7. The molecule has 7 nitrogen and oxygen atoms in total. The van der Waals surface area contributed by atoms with Gasteiger partial charge in [-0.1, -0.05) is 52.6 Å². The zero-order chi connectivity index (χ0) is 19.8. The molecule has 0 aliphatic heterocycles. The molecular weight excluding hydrogens is 458 g/mol. The second-order valence-electron chi connectivity index (χ2n) is 5.20. The molecule has 0 atom stereocenters. The van der Waals surface area contributed by atoms with Gasteiger partial charge in [-0.2, -0.15) is 0 Å². The van der Waals surface area contributed by atoms with E-state index in [9.17, 15) is 4.57 Å². The summed E-state index contributed by atoms with van der Waals surface area (Å²) in [5.41, 5.74) is 1.04. The van der Waals surface area contributed by atoms with Crippen molar-refractivity contribution in [3.05, 3.63) is 45.4 Å². The number of phosphoric acid groups is 1. The Kier molecular flexibility index (Phi) is 6.30. The number of aromatic nitrogens is 2. The van der Waals surface area contributed by atoms with Gasteiger partial charge in [0.2, 0.25) is 0 Å². The molecule has 2 aromatic carbocycles. The van der Waals surface area contributed by atoms with Gasteiger partial charge in [0.1, 0.15) is 23.3 Å². The largest absolute Gasteiger partial charge is 0.471 e. The van der Waals surface area contributed by atoms with Gasteiger partial charge in [-0.15, -0.1) is 0 Å².